The number of methoxy groups -OCH3 is 1. The van der Waals surface area contributed by atoms with Gasteiger partial charge in [0.25, 0.3) is 0 Å². The Morgan fingerprint density at radius 2 is 2.06 bits per heavy atom. The third-order valence-corrected chi connectivity index (χ3v) is 4.09. The van der Waals surface area contributed by atoms with Gasteiger partial charge in [-0.3, -0.25) is 4.90 Å². The molecule has 1 aliphatic heterocycles. The molecule has 0 spiro atoms. The van der Waals surface area contributed by atoms with Crippen LogP contribution in [0.1, 0.15) is 26.2 Å². The van der Waals surface area contributed by atoms with Crippen molar-refractivity contribution in [2.45, 2.75) is 38.3 Å². The van der Waals surface area contributed by atoms with Gasteiger partial charge in [-0.05, 0) is 32.1 Å². The molecule has 0 aromatic heterocycles. The molecule has 0 bridgehead atoms. The zero-order chi connectivity index (χ0) is 12.8. The van der Waals surface area contributed by atoms with Crippen LogP contribution in [0.25, 0.3) is 0 Å². The quantitative estimate of drug-likeness (QED) is 0.660. The zero-order valence-electron chi connectivity index (χ0n) is 11.9. The third kappa shape index (κ3) is 4.50. The normalized spacial score (nSPS) is 29.7. The van der Waals surface area contributed by atoms with Crippen LogP contribution >= 0.6 is 0 Å². The molecular formula is C14H28N2O2. The molecule has 2 fully saturated rings. The van der Waals surface area contributed by atoms with E-state index in [-0.39, 0.29) is 0 Å². The molecule has 1 saturated heterocycles. The van der Waals surface area contributed by atoms with E-state index >= 15 is 0 Å². The summed E-state index contributed by atoms with van der Waals surface area (Å²) in [6.07, 6.45) is 3.99. The Morgan fingerprint density at radius 3 is 2.78 bits per heavy atom. The third-order valence-electron chi connectivity index (χ3n) is 4.09. The molecular weight excluding hydrogens is 228 g/mol. The van der Waals surface area contributed by atoms with Crippen LogP contribution in [0.5, 0.6) is 0 Å². The van der Waals surface area contributed by atoms with Crippen LogP contribution in [0.3, 0.4) is 0 Å². The molecule has 0 radical (unpaired) electrons. The highest BCUT2D eigenvalue weighted by Crippen LogP contribution is 2.34. The summed E-state index contributed by atoms with van der Waals surface area (Å²) < 4.78 is 10.5. The molecule has 2 atom stereocenters. The maximum atomic E-state index is 5.52. The van der Waals surface area contributed by atoms with Gasteiger partial charge in [-0.15, -0.1) is 0 Å². The van der Waals surface area contributed by atoms with Crippen LogP contribution in [0.15, 0.2) is 0 Å². The van der Waals surface area contributed by atoms with E-state index in [1.54, 1.807) is 7.11 Å². The average Bonchev–Trinajstić information content (AvgIpc) is 3.20. The molecule has 4 heteroatoms. The van der Waals surface area contributed by atoms with Crippen LogP contribution < -0.4 is 5.32 Å². The summed E-state index contributed by atoms with van der Waals surface area (Å²) >= 11 is 0. The van der Waals surface area contributed by atoms with Gasteiger partial charge in [-0.1, -0.05) is 0 Å². The lowest BCUT2D eigenvalue weighted by atomic mass is 10.1. The number of piperazine rings is 1. The highest BCUT2D eigenvalue weighted by Gasteiger charge is 2.35. The minimum atomic E-state index is 0.666. The van der Waals surface area contributed by atoms with Crippen molar-refractivity contribution in [3.05, 3.63) is 0 Å². The van der Waals surface area contributed by atoms with Crippen molar-refractivity contribution < 1.29 is 9.47 Å². The second-order valence-electron chi connectivity index (χ2n) is 5.65. The average molecular weight is 256 g/mol. The van der Waals surface area contributed by atoms with Gasteiger partial charge in [0.15, 0.2) is 0 Å². The molecule has 1 N–H and O–H groups in total. The van der Waals surface area contributed by atoms with Crippen LogP contribution in [0.4, 0.5) is 0 Å². The Morgan fingerprint density at radius 1 is 1.22 bits per heavy atom. The lowest BCUT2D eigenvalue weighted by molar-refractivity contribution is 0.0584. The van der Waals surface area contributed by atoms with Crippen LogP contribution in [-0.2, 0) is 9.47 Å². The lowest BCUT2D eigenvalue weighted by Gasteiger charge is -2.39. The smallest absolute Gasteiger partial charge is 0.0700 e. The summed E-state index contributed by atoms with van der Waals surface area (Å²) in [6.45, 7) is 8.14. The molecule has 2 unspecified atom stereocenters. The summed E-state index contributed by atoms with van der Waals surface area (Å²) in [4.78, 5) is 2.62. The zero-order valence-corrected chi connectivity index (χ0v) is 11.9. The largest absolute Gasteiger partial charge is 0.382 e. The van der Waals surface area contributed by atoms with Crippen LogP contribution in [0, 0.1) is 5.92 Å². The summed E-state index contributed by atoms with van der Waals surface area (Å²) in [5, 5.41) is 3.69. The monoisotopic (exact) mass is 256 g/mol. The first-order valence-corrected chi connectivity index (χ1v) is 7.35. The fourth-order valence-corrected chi connectivity index (χ4v) is 2.69. The molecule has 0 aromatic rings. The van der Waals surface area contributed by atoms with Gasteiger partial charge < -0.3 is 14.8 Å². The Kier molecular flexibility index (Phi) is 5.89. The minimum Gasteiger partial charge on any atom is -0.382 e. The van der Waals surface area contributed by atoms with Gasteiger partial charge in [-0.25, -0.2) is 0 Å². The molecule has 2 aliphatic rings. The summed E-state index contributed by atoms with van der Waals surface area (Å²) in [5.41, 5.74) is 0. The van der Waals surface area contributed by atoms with E-state index in [0.717, 1.165) is 38.1 Å². The number of hydrogen-bond acceptors (Lipinski definition) is 4. The van der Waals surface area contributed by atoms with Crippen molar-refractivity contribution in [2.24, 2.45) is 5.92 Å². The van der Waals surface area contributed by atoms with Gasteiger partial charge in [0, 0.05) is 45.4 Å². The van der Waals surface area contributed by atoms with E-state index < -0.39 is 0 Å². The summed E-state index contributed by atoms with van der Waals surface area (Å²) in [6, 6.07) is 1.41. The van der Waals surface area contributed by atoms with E-state index in [1.807, 2.05) is 0 Å². The number of hydrogen-bond donors (Lipinski definition) is 1. The van der Waals surface area contributed by atoms with Gasteiger partial charge >= 0.3 is 0 Å². The van der Waals surface area contributed by atoms with Crippen molar-refractivity contribution in [1.29, 1.82) is 0 Å². The van der Waals surface area contributed by atoms with Gasteiger partial charge in [-0.2, -0.15) is 0 Å². The van der Waals surface area contributed by atoms with E-state index in [0.29, 0.717) is 12.6 Å². The van der Waals surface area contributed by atoms with Crippen LogP contribution in [-0.4, -0.2) is 63.5 Å². The predicted octanol–water partition coefficient (Wildman–Crippen LogP) is 1.11. The van der Waals surface area contributed by atoms with Gasteiger partial charge in [0.2, 0.25) is 0 Å². The molecule has 1 saturated carbocycles. The van der Waals surface area contributed by atoms with E-state index in [9.17, 15) is 0 Å². The van der Waals surface area contributed by atoms with E-state index in [1.165, 1.54) is 25.9 Å². The number of nitrogens with zero attached hydrogens (tertiary/aromatic N) is 1. The van der Waals surface area contributed by atoms with Crippen molar-refractivity contribution >= 4 is 0 Å². The minimum absolute atomic E-state index is 0.666. The van der Waals surface area contributed by atoms with Gasteiger partial charge in [0.1, 0.15) is 0 Å². The molecule has 0 aromatic carbocycles. The highest BCUT2D eigenvalue weighted by atomic mass is 16.5. The number of rotatable bonds is 8. The highest BCUT2D eigenvalue weighted by molar-refractivity contribution is 4.93. The maximum absolute atomic E-state index is 5.52. The first-order chi connectivity index (χ1) is 8.81. The van der Waals surface area contributed by atoms with Crippen LogP contribution in [0.2, 0.25) is 0 Å². The number of nitrogens with one attached hydrogen (secondary N) is 1. The SMILES string of the molecule is COCCOCCCN1CC(C2CC2)NCC1C. The maximum Gasteiger partial charge on any atom is 0.0700 e. The lowest BCUT2D eigenvalue weighted by Crippen LogP contribution is -2.56. The molecule has 1 aliphatic carbocycles. The van der Waals surface area contributed by atoms with Crippen molar-refractivity contribution in [2.75, 3.05) is 46.6 Å². The van der Waals surface area contributed by atoms with E-state index in [4.69, 9.17) is 9.47 Å². The molecule has 18 heavy (non-hydrogen) atoms. The second kappa shape index (κ2) is 7.43. The number of ether oxygens (including phenoxy) is 2. The Labute approximate surface area is 111 Å². The van der Waals surface area contributed by atoms with Crippen molar-refractivity contribution in [3.63, 3.8) is 0 Å². The first kappa shape index (κ1) is 14.3. The Bertz CT molecular complexity index is 234. The van der Waals surface area contributed by atoms with E-state index in [2.05, 4.69) is 17.1 Å². The molecule has 2 rings (SSSR count). The molecule has 1 heterocycles. The van der Waals surface area contributed by atoms with Crippen molar-refractivity contribution in [3.8, 4) is 0 Å². The summed E-state index contributed by atoms with van der Waals surface area (Å²) in [5.74, 6) is 0.956. The molecule has 0 amide bonds. The fraction of sp³-hybridized carbons (Fsp3) is 1.00. The second-order valence-corrected chi connectivity index (χ2v) is 5.65. The fourth-order valence-electron chi connectivity index (χ4n) is 2.69. The topological polar surface area (TPSA) is 33.7 Å². The standard InChI is InChI=1S/C14H28N2O2/c1-12-10-15-14(13-4-5-13)11-16(12)6-3-7-18-9-8-17-2/h12-15H,3-11H2,1-2H3. The first-order valence-electron chi connectivity index (χ1n) is 7.35. The Hall–Kier alpha value is -0.160. The Balaban J connectivity index is 1.58. The van der Waals surface area contributed by atoms with Crippen molar-refractivity contribution in [1.82, 2.24) is 10.2 Å². The summed E-state index contributed by atoms with van der Waals surface area (Å²) in [7, 11) is 1.71. The molecule has 4 nitrogen and oxygen atoms in total. The molecule has 106 valence electrons. The van der Waals surface area contributed by atoms with Gasteiger partial charge in [0.05, 0.1) is 13.2 Å². The predicted molar refractivity (Wildman–Crippen MR) is 72.9 cm³/mol.